The van der Waals surface area contributed by atoms with E-state index in [4.69, 9.17) is 4.74 Å². The maximum Gasteiger partial charge on any atom is 0.194 e. The van der Waals surface area contributed by atoms with E-state index in [1.807, 2.05) is 48.5 Å². The summed E-state index contributed by atoms with van der Waals surface area (Å²) < 4.78 is 8.07. The molecule has 1 heterocycles. The van der Waals surface area contributed by atoms with Crippen molar-refractivity contribution in [2.45, 2.75) is 5.92 Å². The average Bonchev–Trinajstić information content (AvgIpc) is 2.92. The molecule has 0 aliphatic heterocycles. The maximum atomic E-state index is 12.5. The number of hydrogen-bond acceptors (Lipinski definition) is 4. The van der Waals surface area contributed by atoms with Crippen LogP contribution in [0.5, 0.6) is 5.75 Å². The van der Waals surface area contributed by atoms with Crippen molar-refractivity contribution in [2.75, 3.05) is 6.61 Å². The summed E-state index contributed by atoms with van der Waals surface area (Å²) in [7, 11) is 1.80. The highest BCUT2D eigenvalue weighted by molar-refractivity contribution is 9.10. The quantitative estimate of drug-likeness (QED) is 0.674. The molecule has 1 aromatic heterocycles. The lowest BCUT2D eigenvalue weighted by Crippen LogP contribution is -2.21. The normalized spacial score (nSPS) is 11.9. The number of carbonyl (C=O) groups is 1. The first-order valence-corrected chi connectivity index (χ1v) is 8.12. The molecule has 1 atom stereocenters. The first-order valence-electron chi connectivity index (χ1n) is 7.33. The minimum absolute atomic E-state index is 0.190. The van der Waals surface area contributed by atoms with Crippen LogP contribution in [0.1, 0.15) is 11.7 Å². The van der Waals surface area contributed by atoms with Gasteiger partial charge in [-0.1, -0.05) is 24.3 Å². The van der Waals surface area contributed by atoms with Crippen LogP contribution in [-0.2, 0) is 11.8 Å². The van der Waals surface area contributed by atoms with E-state index in [0.29, 0.717) is 11.6 Å². The van der Waals surface area contributed by atoms with Gasteiger partial charge in [-0.3, -0.25) is 4.79 Å². The molecule has 120 valence electrons. The van der Waals surface area contributed by atoms with Crippen molar-refractivity contribution in [3.05, 3.63) is 58.8 Å². The van der Waals surface area contributed by atoms with Crippen LogP contribution in [0.3, 0.4) is 0 Å². The summed E-state index contributed by atoms with van der Waals surface area (Å²) >= 11 is 3.36. The molecule has 24 heavy (non-hydrogen) atoms. The van der Waals surface area contributed by atoms with Gasteiger partial charge < -0.3 is 9.30 Å². The van der Waals surface area contributed by atoms with E-state index >= 15 is 0 Å². The maximum absolute atomic E-state index is 12.5. The van der Waals surface area contributed by atoms with Gasteiger partial charge in [-0.15, -0.1) is 0 Å². The fraction of sp³-hybridized carbons (Fsp3) is 0.167. The summed E-state index contributed by atoms with van der Waals surface area (Å²) in [6, 6.07) is 16.8. The SMILES string of the molecule is Cn1c(C(C#N)C(=O)COc2ccccc2Br)nc2ccccc21. The molecule has 0 saturated heterocycles. The van der Waals surface area contributed by atoms with E-state index in [1.54, 1.807) is 17.7 Å². The predicted octanol–water partition coefficient (Wildman–Crippen LogP) is 3.59. The van der Waals surface area contributed by atoms with E-state index in [2.05, 4.69) is 20.9 Å². The number of imidazole rings is 1. The average molecular weight is 384 g/mol. The Balaban J connectivity index is 1.83. The van der Waals surface area contributed by atoms with Gasteiger partial charge in [0.15, 0.2) is 11.7 Å². The summed E-state index contributed by atoms with van der Waals surface area (Å²) in [6.45, 7) is -0.190. The van der Waals surface area contributed by atoms with E-state index in [1.165, 1.54) is 0 Å². The third-order valence-electron chi connectivity index (χ3n) is 3.74. The van der Waals surface area contributed by atoms with Crippen LogP contribution in [0.15, 0.2) is 53.0 Å². The molecule has 0 bridgehead atoms. The van der Waals surface area contributed by atoms with Gasteiger partial charge in [0.2, 0.25) is 0 Å². The van der Waals surface area contributed by atoms with Crippen molar-refractivity contribution in [1.29, 1.82) is 5.26 Å². The molecule has 6 heteroatoms. The Hall–Kier alpha value is -2.65. The molecule has 0 amide bonds. The number of para-hydroxylation sites is 3. The minimum Gasteiger partial charge on any atom is -0.485 e. The summed E-state index contributed by atoms with van der Waals surface area (Å²) in [6.07, 6.45) is 0. The number of Topliss-reactive ketones (excluding diaryl/α,β-unsaturated/α-hetero) is 1. The minimum atomic E-state index is -0.968. The number of halogens is 1. The van der Waals surface area contributed by atoms with Gasteiger partial charge >= 0.3 is 0 Å². The first kappa shape index (κ1) is 16.2. The lowest BCUT2D eigenvalue weighted by molar-refractivity contribution is -0.121. The molecular formula is C18H14BrN3O2. The number of nitriles is 1. The molecule has 0 spiro atoms. The number of aryl methyl sites for hydroxylation is 1. The number of hydrogen-bond donors (Lipinski definition) is 0. The Labute approximate surface area is 147 Å². The molecule has 5 nitrogen and oxygen atoms in total. The van der Waals surface area contributed by atoms with Crippen LogP contribution < -0.4 is 4.74 Å². The lowest BCUT2D eigenvalue weighted by atomic mass is 10.1. The van der Waals surface area contributed by atoms with Gasteiger partial charge in [-0.2, -0.15) is 5.26 Å². The zero-order valence-corrected chi connectivity index (χ0v) is 14.5. The standard InChI is InChI=1S/C18H14BrN3O2/c1-22-15-8-4-3-7-14(15)21-18(22)12(10-20)16(23)11-24-17-9-5-2-6-13(17)19/h2-9,12H,11H2,1H3. The highest BCUT2D eigenvalue weighted by atomic mass is 79.9. The molecule has 1 unspecified atom stereocenters. The monoisotopic (exact) mass is 383 g/mol. The summed E-state index contributed by atoms with van der Waals surface area (Å²) in [4.78, 5) is 16.9. The van der Waals surface area contributed by atoms with Crippen molar-refractivity contribution in [1.82, 2.24) is 9.55 Å². The van der Waals surface area contributed by atoms with Crippen LogP contribution in [0.4, 0.5) is 0 Å². The molecule has 3 aromatic rings. The van der Waals surface area contributed by atoms with E-state index in [9.17, 15) is 10.1 Å². The van der Waals surface area contributed by atoms with Gasteiger partial charge in [-0.25, -0.2) is 4.98 Å². The second-order valence-electron chi connectivity index (χ2n) is 5.27. The largest absolute Gasteiger partial charge is 0.485 e. The number of carbonyl (C=O) groups excluding carboxylic acids is 1. The van der Waals surface area contributed by atoms with E-state index < -0.39 is 5.92 Å². The molecular weight excluding hydrogens is 370 g/mol. The fourth-order valence-electron chi connectivity index (χ4n) is 2.49. The number of aromatic nitrogens is 2. The van der Waals surface area contributed by atoms with Crippen LogP contribution >= 0.6 is 15.9 Å². The van der Waals surface area contributed by atoms with E-state index in [-0.39, 0.29) is 12.4 Å². The smallest absolute Gasteiger partial charge is 0.194 e. The Morgan fingerprint density at radius 3 is 2.71 bits per heavy atom. The second kappa shape index (κ2) is 6.85. The second-order valence-corrected chi connectivity index (χ2v) is 6.12. The zero-order chi connectivity index (χ0) is 17.1. The number of fused-ring (bicyclic) bond motifs is 1. The Morgan fingerprint density at radius 1 is 1.29 bits per heavy atom. The van der Waals surface area contributed by atoms with Gasteiger partial charge in [0.05, 0.1) is 21.6 Å². The summed E-state index contributed by atoms with van der Waals surface area (Å²) in [5, 5.41) is 9.46. The van der Waals surface area contributed by atoms with Crippen molar-refractivity contribution in [2.24, 2.45) is 7.05 Å². The molecule has 0 aliphatic rings. The highest BCUT2D eigenvalue weighted by Gasteiger charge is 2.26. The Kier molecular flexibility index (Phi) is 4.63. The third kappa shape index (κ3) is 3.03. The van der Waals surface area contributed by atoms with Crippen LogP contribution in [-0.4, -0.2) is 21.9 Å². The van der Waals surface area contributed by atoms with Gasteiger partial charge in [0.1, 0.15) is 18.2 Å². The Morgan fingerprint density at radius 2 is 2.00 bits per heavy atom. The highest BCUT2D eigenvalue weighted by Crippen LogP contribution is 2.25. The van der Waals surface area contributed by atoms with Crippen LogP contribution in [0.2, 0.25) is 0 Å². The van der Waals surface area contributed by atoms with Crippen LogP contribution in [0.25, 0.3) is 11.0 Å². The number of ether oxygens (including phenoxy) is 1. The van der Waals surface area contributed by atoms with Crippen LogP contribution in [0, 0.1) is 11.3 Å². The van der Waals surface area contributed by atoms with Crippen molar-refractivity contribution in [3.63, 3.8) is 0 Å². The van der Waals surface area contributed by atoms with Crippen molar-refractivity contribution in [3.8, 4) is 11.8 Å². The Bertz CT molecular complexity index is 943. The first-order chi connectivity index (χ1) is 11.6. The molecule has 2 aromatic carbocycles. The number of benzene rings is 2. The molecule has 3 rings (SSSR count). The molecule has 0 saturated carbocycles. The fourth-order valence-corrected chi connectivity index (χ4v) is 2.89. The third-order valence-corrected chi connectivity index (χ3v) is 4.39. The molecule has 0 N–H and O–H groups in total. The van der Waals surface area contributed by atoms with Gasteiger partial charge in [0, 0.05) is 7.05 Å². The van der Waals surface area contributed by atoms with Gasteiger partial charge in [-0.05, 0) is 40.2 Å². The number of nitrogens with zero attached hydrogens (tertiary/aromatic N) is 3. The van der Waals surface area contributed by atoms with Gasteiger partial charge in [0.25, 0.3) is 0 Å². The molecule has 0 fully saturated rings. The topological polar surface area (TPSA) is 67.9 Å². The van der Waals surface area contributed by atoms with E-state index in [0.717, 1.165) is 15.5 Å². The number of ketones is 1. The molecule has 0 radical (unpaired) electrons. The molecule has 0 aliphatic carbocycles. The summed E-state index contributed by atoms with van der Waals surface area (Å²) in [5.74, 6) is -0.302. The number of rotatable bonds is 5. The van der Waals surface area contributed by atoms with Crippen molar-refractivity contribution < 1.29 is 9.53 Å². The summed E-state index contributed by atoms with van der Waals surface area (Å²) in [5.41, 5.74) is 1.64. The lowest BCUT2D eigenvalue weighted by Gasteiger charge is -2.11. The predicted molar refractivity (Wildman–Crippen MR) is 93.7 cm³/mol. The zero-order valence-electron chi connectivity index (χ0n) is 12.9. The van der Waals surface area contributed by atoms with Crippen molar-refractivity contribution >= 4 is 32.7 Å².